The minimum Gasteiger partial charge on any atom is -0.457 e. The van der Waals surface area contributed by atoms with E-state index in [4.69, 9.17) is 0 Å². The Morgan fingerprint density at radius 1 is 1.16 bits per heavy atom. The first-order valence-corrected chi connectivity index (χ1v) is 5.51. The molecule has 0 unspecified atom stereocenters. The number of carbonyl (C=O) groups is 2. The second-order valence-corrected chi connectivity index (χ2v) is 4.54. The van der Waals surface area contributed by atoms with Crippen molar-refractivity contribution >= 4 is 11.9 Å². The van der Waals surface area contributed by atoms with E-state index < -0.39 is 42.9 Å². The number of rotatable bonds is 7. The monoisotopic (exact) mass is 288 g/mol. The van der Waals surface area contributed by atoms with Crippen LogP contribution >= 0.6 is 0 Å². The van der Waals surface area contributed by atoms with Crippen LogP contribution in [0.3, 0.4) is 0 Å². The highest BCUT2D eigenvalue weighted by Gasteiger charge is 2.42. The summed E-state index contributed by atoms with van der Waals surface area (Å²) in [5, 5.41) is 0. The standard InChI is InChI=1S/C11H16F4O4/c1-4-10(2,3)9(17)18-5-7(16)19-6-11(14,15)8(12)13/h8H,4-6H2,1-3H3. The first-order chi connectivity index (χ1) is 8.53. The zero-order chi connectivity index (χ0) is 15.3. The molecule has 8 heteroatoms. The van der Waals surface area contributed by atoms with Crippen molar-refractivity contribution in [2.24, 2.45) is 5.41 Å². The molecule has 0 radical (unpaired) electrons. The summed E-state index contributed by atoms with van der Waals surface area (Å²) in [6, 6.07) is 0. The van der Waals surface area contributed by atoms with Crippen molar-refractivity contribution < 1.29 is 36.6 Å². The van der Waals surface area contributed by atoms with Crippen molar-refractivity contribution in [1.82, 2.24) is 0 Å². The second-order valence-electron chi connectivity index (χ2n) is 4.54. The number of alkyl halides is 4. The Balaban J connectivity index is 4.12. The molecule has 0 atom stereocenters. The Labute approximate surface area is 108 Å². The number of halogens is 4. The van der Waals surface area contributed by atoms with Gasteiger partial charge in [0.15, 0.2) is 13.2 Å². The van der Waals surface area contributed by atoms with Gasteiger partial charge in [0.05, 0.1) is 5.41 Å². The Morgan fingerprint density at radius 2 is 1.68 bits per heavy atom. The van der Waals surface area contributed by atoms with Crippen LogP contribution in [0.4, 0.5) is 17.6 Å². The van der Waals surface area contributed by atoms with E-state index in [9.17, 15) is 27.2 Å². The fraction of sp³-hybridized carbons (Fsp3) is 0.818. The maximum Gasteiger partial charge on any atom is 0.344 e. The van der Waals surface area contributed by atoms with E-state index in [2.05, 4.69) is 9.47 Å². The Bertz CT molecular complexity index is 329. The van der Waals surface area contributed by atoms with Crippen LogP contribution in [-0.4, -0.2) is 37.5 Å². The fourth-order valence-electron chi connectivity index (χ4n) is 0.746. The van der Waals surface area contributed by atoms with Crippen LogP contribution in [0.1, 0.15) is 27.2 Å². The quantitative estimate of drug-likeness (QED) is 0.533. The van der Waals surface area contributed by atoms with Gasteiger partial charge in [-0.15, -0.1) is 0 Å². The highest BCUT2D eigenvalue weighted by Crippen LogP contribution is 2.23. The highest BCUT2D eigenvalue weighted by molar-refractivity contribution is 5.79. The molecule has 0 aliphatic carbocycles. The lowest BCUT2D eigenvalue weighted by Gasteiger charge is -2.20. The van der Waals surface area contributed by atoms with Crippen molar-refractivity contribution in [2.45, 2.75) is 39.5 Å². The van der Waals surface area contributed by atoms with Gasteiger partial charge in [-0.3, -0.25) is 4.79 Å². The van der Waals surface area contributed by atoms with Gasteiger partial charge >= 0.3 is 24.3 Å². The molecule has 0 saturated carbocycles. The summed E-state index contributed by atoms with van der Waals surface area (Å²) in [5.74, 6) is -6.42. The average molecular weight is 288 g/mol. The summed E-state index contributed by atoms with van der Waals surface area (Å²) < 4.78 is 56.8. The van der Waals surface area contributed by atoms with E-state index in [1.807, 2.05) is 0 Å². The molecule has 0 aromatic heterocycles. The third-order valence-corrected chi connectivity index (χ3v) is 2.50. The molecule has 0 saturated heterocycles. The van der Waals surface area contributed by atoms with Crippen LogP contribution in [0.2, 0.25) is 0 Å². The molecule has 0 rings (SSSR count). The van der Waals surface area contributed by atoms with Crippen LogP contribution in [0.15, 0.2) is 0 Å². The summed E-state index contributed by atoms with van der Waals surface area (Å²) in [7, 11) is 0. The van der Waals surface area contributed by atoms with Gasteiger partial charge in [0.2, 0.25) is 0 Å². The summed E-state index contributed by atoms with van der Waals surface area (Å²) in [4.78, 5) is 22.4. The van der Waals surface area contributed by atoms with E-state index >= 15 is 0 Å². The minimum absolute atomic E-state index is 0.449. The molecule has 0 amide bonds. The number of ether oxygens (including phenoxy) is 2. The molecule has 0 aliphatic rings. The first-order valence-electron chi connectivity index (χ1n) is 5.51. The van der Waals surface area contributed by atoms with Crippen molar-refractivity contribution in [3.05, 3.63) is 0 Å². The summed E-state index contributed by atoms with van der Waals surface area (Å²) in [5.41, 5.74) is -0.826. The molecule has 0 aliphatic heterocycles. The molecular formula is C11H16F4O4. The SMILES string of the molecule is CCC(C)(C)C(=O)OCC(=O)OCC(F)(F)C(F)F. The molecule has 0 aromatic carbocycles. The Hall–Kier alpha value is -1.34. The third-order valence-electron chi connectivity index (χ3n) is 2.50. The molecule has 19 heavy (non-hydrogen) atoms. The highest BCUT2D eigenvalue weighted by atomic mass is 19.3. The zero-order valence-corrected chi connectivity index (χ0v) is 10.8. The predicted molar refractivity (Wildman–Crippen MR) is 56.9 cm³/mol. The van der Waals surface area contributed by atoms with Crippen LogP contribution in [0.25, 0.3) is 0 Å². The predicted octanol–water partition coefficient (Wildman–Crippen LogP) is 2.41. The van der Waals surface area contributed by atoms with E-state index in [1.165, 1.54) is 0 Å². The van der Waals surface area contributed by atoms with Gasteiger partial charge < -0.3 is 9.47 Å². The lowest BCUT2D eigenvalue weighted by Crippen LogP contribution is -2.35. The van der Waals surface area contributed by atoms with Crippen LogP contribution in [0, 0.1) is 5.41 Å². The fourth-order valence-corrected chi connectivity index (χ4v) is 0.746. The van der Waals surface area contributed by atoms with E-state index in [0.29, 0.717) is 6.42 Å². The summed E-state index contributed by atoms with van der Waals surface area (Å²) >= 11 is 0. The zero-order valence-electron chi connectivity index (χ0n) is 10.8. The minimum atomic E-state index is -4.41. The van der Waals surface area contributed by atoms with Gasteiger partial charge in [-0.1, -0.05) is 6.92 Å². The maximum atomic E-state index is 12.4. The molecule has 112 valence electrons. The van der Waals surface area contributed by atoms with Crippen LogP contribution in [-0.2, 0) is 19.1 Å². The van der Waals surface area contributed by atoms with E-state index in [0.717, 1.165) is 0 Å². The molecule has 0 spiro atoms. The van der Waals surface area contributed by atoms with Gasteiger partial charge in [-0.2, -0.15) is 8.78 Å². The van der Waals surface area contributed by atoms with Crippen LogP contribution < -0.4 is 0 Å². The Kier molecular flexibility index (Phi) is 6.24. The number of esters is 2. The van der Waals surface area contributed by atoms with Gasteiger partial charge in [-0.05, 0) is 20.3 Å². The van der Waals surface area contributed by atoms with Crippen LogP contribution in [0.5, 0.6) is 0 Å². The summed E-state index contributed by atoms with van der Waals surface area (Å²) in [6.07, 6.45) is -3.48. The number of hydrogen-bond donors (Lipinski definition) is 0. The largest absolute Gasteiger partial charge is 0.457 e. The normalized spacial score (nSPS) is 12.4. The average Bonchev–Trinajstić information content (AvgIpc) is 2.33. The number of hydrogen-bond acceptors (Lipinski definition) is 4. The maximum absolute atomic E-state index is 12.4. The van der Waals surface area contributed by atoms with Gasteiger partial charge in [0.25, 0.3) is 0 Å². The van der Waals surface area contributed by atoms with Crippen molar-refractivity contribution in [3.8, 4) is 0 Å². The lowest BCUT2D eigenvalue weighted by molar-refractivity contribution is -0.185. The topological polar surface area (TPSA) is 52.6 Å². The van der Waals surface area contributed by atoms with Gasteiger partial charge in [0, 0.05) is 0 Å². The molecule has 0 aromatic rings. The van der Waals surface area contributed by atoms with Gasteiger partial charge in [0.1, 0.15) is 0 Å². The third kappa shape index (κ3) is 5.89. The van der Waals surface area contributed by atoms with E-state index in [-0.39, 0.29) is 0 Å². The lowest BCUT2D eigenvalue weighted by atomic mass is 9.91. The van der Waals surface area contributed by atoms with E-state index in [1.54, 1.807) is 20.8 Å². The molecule has 0 fully saturated rings. The smallest absolute Gasteiger partial charge is 0.344 e. The first kappa shape index (κ1) is 17.7. The summed E-state index contributed by atoms with van der Waals surface area (Å²) in [6.45, 7) is 2.24. The molecule has 0 bridgehead atoms. The van der Waals surface area contributed by atoms with Crippen molar-refractivity contribution in [2.75, 3.05) is 13.2 Å². The van der Waals surface area contributed by atoms with Crippen molar-refractivity contribution in [1.29, 1.82) is 0 Å². The molecule has 0 N–H and O–H groups in total. The van der Waals surface area contributed by atoms with Gasteiger partial charge in [-0.25, -0.2) is 13.6 Å². The Morgan fingerprint density at radius 3 is 2.11 bits per heavy atom. The second kappa shape index (κ2) is 6.72. The number of carbonyl (C=O) groups excluding carboxylic acids is 2. The molecular weight excluding hydrogens is 272 g/mol. The van der Waals surface area contributed by atoms with Crippen molar-refractivity contribution in [3.63, 3.8) is 0 Å². The molecule has 0 heterocycles. The molecule has 4 nitrogen and oxygen atoms in total.